The third-order valence-corrected chi connectivity index (χ3v) is 8.99. The summed E-state index contributed by atoms with van der Waals surface area (Å²) in [6, 6.07) is 49.6. The quantitative estimate of drug-likeness (QED) is 0.204. The molecule has 2 aliphatic rings. The third-order valence-electron chi connectivity index (χ3n) is 8.99. The maximum absolute atomic E-state index is 6.54. The highest BCUT2D eigenvalue weighted by molar-refractivity contribution is 6.17. The average molecular weight is 550 g/mol. The maximum Gasteiger partial charge on any atom is 0.152 e. The number of hydrogen-bond donors (Lipinski definition) is 0. The molecule has 0 radical (unpaired) electrons. The van der Waals surface area contributed by atoms with Gasteiger partial charge in [0.1, 0.15) is 11.2 Å². The number of para-hydroxylation sites is 4. The molecule has 0 bridgehead atoms. The molecule has 43 heavy (non-hydrogen) atoms. The number of hydrogen-bond acceptors (Lipinski definition) is 3. The highest BCUT2D eigenvalue weighted by atomic mass is 16.5. The van der Waals surface area contributed by atoms with Gasteiger partial charge in [0.05, 0.1) is 17.1 Å². The van der Waals surface area contributed by atoms with Gasteiger partial charge in [-0.3, -0.25) is 0 Å². The summed E-state index contributed by atoms with van der Waals surface area (Å²) in [7, 11) is 0. The molecule has 8 aromatic rings. The first-order chi connectivity index (χ1) is 21.3. The highest BCUT2D eigenvalue weighted by Crippen LogP contribution is 2.60. The fourth-order valence-corrected chi connectivity index (χ4v) is 7.16. The van der Waals surface area contributed by atoms with Crippen LogP contribution in [0.5, 0.6) is 11.5 Å². The Kier molecular flexibility index (Phi) is 4.45. The Morgan fingerprint density at radius 3 is 2.05 bits per heavy atom. The summed E-state index contributed by atoms with van der Waals surface area (Å²) < 4.78 is 12.7. The zero-order valence-corrected chi connectivity index (χ0v) is 23.0. The molecule has 0 saturated heterocycles. The van der Waals surface area contributed by atoms with Gasteiger partial charge >= 0.3 is 0 Å². The maximum atomic E-state index is 6.54. The second kappa shape index (κ2) is 8.37. The zero-order chi connectivity index (χ0) is 28.1. The first-order valence-corrected chi connectivity index (χ1v) is 14.6. The van der Waals surface area contributed by atoms with E-state index in [1.807, 2.05) is 18.2 Å². The summed E-state index contributed by atoms with van der Waals surface area (Å²) in [5.41, 5.74) is 12.2. The van der Waals surface area contributed by atoms with Gasteiger partial charge in [-0.15, -0.1) is 0 Å². The Morgan fingerprint density at radius 2 is 1.12 bits per heavy atom. The van der Waals surface area contributed by atoms with Crippen LogP contribution >= 0.6 is 0 Å². The summed E-state index contributed by atoms with van der Waals surface area (Å²) >= 11 is 0. The van der Waals surface area contributed by atoms with Crippen molar-refractivity contribution in [3.63, 3.8) is 0 Å². The summed E-state index contributed by atoms with van der Waals surface area (Å²) in [5.74, 6) is 1.71. The lowest BCUT2D eigenvalue weighted by atomic mass is 9.88. The molecule has 7 aromatic carbocycles. The van der Waals surface area contributed by atoms with Crippen molar-refractivity contribution in [3.8, 4) is 44.9 Å². The van der Waals surface area contributed by atoms with E-state index in [1.165, 1.54) is 33.0 Å². The standard InChI is InChI=1S/C40H23NO2/c1-3-13-28-25(10-1)30-15-9-19-38-40(30)41(33-16-6-8-18-37(33)43-38)34-23-31(26-11-2-4-14-29(26)39(28)34)24-20-21-36-32(22-24)27-12-5-7-17-35(27)42-36/h1-23H. The number of benzene rings is 7. The lowest BCUT2D eigenvalue weighted by molar-refractivity contribution is 0.477. The van der Waals surface area contributed by atoms with Gasteiger partial charge in [0, 0.05) is 21.9 Å². The molecule has 3 nitrogen and oxygen atoms in total. The van der Waals surface area contributed by atoms with Crippen LogP contribution in [0.15, 0.2) is 144 Å². The second-order valence-electron chi connectivity index (χ2n) is 11.3. The van der Waals surface area contributed by atoms with Crippen LogP contribution in [0.1, 0.15) is 0 Å². The Morgan fingerprint density at radius 1 is 0.419 bits per heavy atom. The topological polar surface area (TPSA) is 25.6 Å². The first kappa shape index (κ1) is 22.8. The normalized spacial score (nSPS) is 12.8. The zero-order valence-electron chi connectivity index (χ0n) is 23.0. The minimum Gasteiger partial charge on any atom is -0.456 e. The lowest BCUT2D eigenvalue weighted by Crippen LogP contribution is -2.16. The highest BCUT2D eigenvalue weighted by Gasteiger charge is 2.34. The number of nitrogens with zero attached hydrogens (tertiary/aromatic N) is 1. The largest absolute Gasteiger partial charge is 0.456 e. The predicted molar refractivity (Wildman–Crippen MR) is 176 cm³/mol. The molecule has 3 heterocycles. The molecule has 200 valence electrons. The van der Waals surface area contributed by atoms with Crippen LogP contribution in [0, 0.1) is 0 Å². The van der Waals surface area contributed by atoms with E-state index in [-0.39, 0.29) is 0 Å². The summed E-state index contributed by atoms with van der Waals surface area (Å²) in [6.45, 7) is 0. The van der Waals surface area contributed by atoms with E-state index in [0.29, 0.717) is 0 Å². The number of ether oxygens (including phenoxy) is 1. The van der Waals surface area contributed by atoms with Gasteiger partial charge in [0.15, 0.2) is 11.5 Å². The van der Waals surface area contributed by atoms with Gasteiger partial charge in [0.25, 0.3) is 0 Å². The van der Waals surface area contributed by atoms with E-state index in [1.54, 1.807) is 0 Å². The molecule has 3 heteroatoms. The van der Waals surface area contributed by atoms with Crippen LogP contribution in [0.4, 0.5) is 17.1 Å². The SMILES string of the molecule is c1ccc2c(c1)Oc1cccc3c1N2c1cc(-c2ccc4oc5ccccc5c4c2)c2ccccc2c1-c1ccccc1-3. The van der Waals surface area contributed by atoms with Crippen molar-refractivity contribution in [1.82, 2.24) is 0 Å². The van der Waals surface area contributed by atoms with E-state index in [4.69, 9.17) is 9.15 Å². The van der Waals surface area contributed by atoms with E-state index >= 15 is 0 Å². The molecule has 0 aliphatic carbocycles. The Labute approximate surface area is 247 Å². The number of fused-ring (bicyclic) bond motifs is 12. The molecule has 0 atom stereocenters. The molecule has 0 saturated carbocycles. The van der Waals surface area contributed by atoms with Crippen molar-refractivity contribution in [1.29, 1.82) is 0 Å². The Balaban J connectivity index is 1.36. The van der Waals surface area contributed by atoms with Gasteiger partial charge in [-0.2, -0.15) is 0 Å². The lowest BCUT2D eigenvalue weighted by Gasteiger charge is -2.34. The third kappa shape index (κ3) is 3.08. The fourth-order valence-electron chi connectivity index (χ4n) is 7.16. The van der Waals surface area contributed by atoms with E-state index in [9.17, 15) is 0 Å². The van der Waals surface area contributed by atoms with Crippen LogP contribution in [-0.2, 0) is 0 Å². The van der Waals surface area contributed by atoms with Crippen molar-refractivity contribution in [2.45, 2.75) is 0 Å². The van der Waals surface area contributed by atoms with Crippen molar-refractivity contribution in [2.75, 3.05) is 4.90 Å². The van der Waals surface area contributed by atoms with Crippen molar-refractivity contribution >= 4 is 49.8 Å². The predicted octanol–water partition coefficient (Wildman–Crippen LogP) is 11.6. The summed E-state index contributed by atoms with van der Waals surface area (Å²) in [6.07, 6.45) is 0. The molecule has 0 spiro atoms. The second-order valence-corrected chi connectivity index (χ2v) is 11.3. The molecule has 0 unspecified atom stereocenters. The monoisotopic (exact) mass is 549 g/mol. The van der Waals surface area contributed by atoms with Crippen molar-refractivity contribution in [3.05, 3.63) is 140 Å². The van der Waals surface area contributed by atoms with Gasteiger partial charge in [-0.1, -0.05) is 97.1 Å². The molecule has 2 aliphatic heterocycles. The molecule has 0 amide bonds. The Hall–Kier alpha value is -5.80. The fraction of sp³-hybridized carbons (Fsp3) is 0. The number of rotatable bonds is 1. The minimum atomic E-state index is 0.852. The number of furan rings is 1. The summed E-state index contributed by atoms with van der Waals surface area (Å²) in [4.78, 5) is 2.42. The first-order valence-electron chi connectivity index (χ1n) is 14.6. The van der Waals surface area contributed by atoms with Crippen LogP contribution in [-0.4, -0.2) is 0 Å². The molecule has 10 rings (SSSR count). The molecule has 1 aromatic heterocycles. The molecule has 0 N–H and O–H groups in total. The van der Waals surface area contributed by atoms with E-state index < -0.39 is 0 Å². The van der Waals surface area contributed by atoms with Crippen LogP contribution < -0.4 is 9.64 Å². The summed E-state index contributed by atoms with van der Waals surface area (Å²) in [5, 5.41) is 4.70. The van der Waals surface area contributed by atoms with Gasteiger partial charge in [-0.25, -0.2) is 0 Å². The van der Waals surface area contributed by atoms with Crippen LogP contribution in [0.2, 0.25) is 0 Å². The van der Waals surface area contributed by atoms with Crippen molar-refractivity contribution in [2.24, 2.45) is 0 Å². The Bertz CT molecular complexity index is 2450. The molecular formula is C40H23NO2. The van der Waals surface area contributed by atoms with E-state index in [2.05, 4.69) is 126 Å². The van der Waals surface area contributed by atoms with Gasteiger partial charge in [0.2, 0.25) is 0 Å². The molecule has 0 fully saturated rings. The van der Waals surface area contributed by atoms with Crippen molar-refractivity contribution < 1.29 is 9.15 Å². The van der Waals surface area contributed by atoms with E-state index in [0.717, 1.165) is 61.6 Å². The average Bonchev–Trinajstić information content (AvgIpc) is 3.38. The smallest absolute Gasteiger partial charge is 0.152 e. The van der Waals surface area contributed by atoms with Gasteiger partial charge in [-0.05, 0) is 75.5 Å². The van der Waals surface area contributed by atoms with Gasteiger partial charge < -0.3 is 14.1 Å². The minimum absolute atomic E-state index is 0.852. The molecular weight excluding hydrogens is 526 g/mol. The van der Waals surface area contributed by atoms with Crippen LogP contribution in [0.25, 0.3) is 66.1 Å². The number of anilines is 3. The van der Waals surface area contributed by atoms with Crippen LogP contribution in [0.3, 0.4) is 0 Å².